The van der Waals surface area contributed by atoms with Crippen molar-refractivity contribution in [1.82, 2.24) is 10.6 Å². The topological polar surface area (TPSA) is 105 Å². The fourth-order valence-corrected chi connectivity index (χ4v) is 6.32. The minimum absolute atomic E-state index is 0.0247. The van der Waals surface area contributed by atoms with Crippen LogP contribution in [0.4, 0.5) is 4.79 Å². The molecule has 6 rings (SSSR count). The fraction of sp³-hybridized carbons (Fsp3) is 0.154. The van der Waals surface area contributed by atoms with Crippen molar-refractivity contribution in [2.75, 3.05) is 6.61 Å². The van der Waals surface area contributed by atoms with Gasteiger partial charge in [-0.05, 0) is 45.9 Å². The molecule has 1 aliphatic rings. The van der Waals surface area contributed by atoms with Gasteiger partial charge in [0.05, 0.1) is 6.42 Å². The zero-order chi connectivity index (χ0) is 32.1. The Morgan fingerprint density at radius 2 is 1.17 bits per heavy atom. The molecule has 0 unspecified atom stereocenters. The highest BCUT2D eigenvalue weighted by molar-refractivity contribution is 5.88. The van der Waals surface area contributed by atoms with Crippen molar-refractivity contribution in [1.29, 1.82) is 0 Å². The van der Waals surface area contributed by atoms with Crippen molar-refractivity contribution < 1.29 is 24.2 Å². The van der Waals surface area contributed by atoms with Crippen molar-refractivity contribution in [2.24, 2.45) is 0 Å². The molecule has 0 saturated heterocycles. The van der Waals surface area contributed by atoms with E-state index in [-0.39, 0.29) is 12.5 Å². The monoisotopic (exact) mass is 610 g/mol. The summed E-state index contributed by atoms with van der Waals surface area (Å²) in [6, 6.07) is 41.3. The normalized spacial score (nSPS) is 12.8. The van der Waals surface area contributed by atoms with E-state index in [1.165, 1.54) is 0 Å². The van der Waals surface area contributed by atoms with Gasteiger partial charge in [-0.15, -0.1) is 0 Å². The highest BCUT2D eigenvalue weighted by Gasteiger charge is 2.39. The number of benzene rings is 5. The van der Waals surface area contributed by atoms with E-state index in [1.54, 1.807) is 0 Å². The third-order valence-corrected chi connectivity index (χ3v) is 8.55. The maximum atomic E-state index is 13.8. The van der Waals surface area contributed by atoms with Crippen LogP contribution in [0.5, 0.6) is 0 Å². The number of carboxylic acids is 1. The number of fused-ring (bicyclic) bond motifs is 3. The number of amides is 2. The number of aryl methyl sites for hydroxylation is 1. The number of alkyl carbamates (subject to hydrolysis) is 1. The summed E-state index contributed by atoms with van der Waals surface area (Å²) < 4.78 is 5.58. The van der Waals surface area contributed by atoms with E-state index in [2.05, 4.69) is 10.6 Å². The lowest BCUT2D eigenvalue weighted by Crippen LogP contribution is -2.51. The summed E-state index contributed by atoms with van der Waals surface area (Å²) in [6.07, 6.45) is -1.41. The molecule has 7 nitrogen and oxygen atoms in total. The third-order valence-electron chi connectivity index (χ3n) is 8.55. The first-order chi connectivity index (χ1) is 22.4. The van der Waals surface area contributed by atoms with Gasteiger partial charge in [0.25, 0.3) is 0 Å². The average molecular weight is 611 g/mol. The van der Waals surface area contributed by atoms with Gasteiger partial charge in [0.2, 0.25) is 5.91 Å². The number of carbonyl (C=O) groups is 3. The van der Waals surface area contributed by atoms with Crippen LogP contribution < -0.4 is 10.6 Å². The van der Waals surface area contributed by atoms with Gasteiger partial charge < -0.3 is 20.5 Å². The fourth-order valence-electron chi connectivity index (χ4n) is 6.32. The number of carbonyl (C=O) groups excluding carboxylic acids is 2. The first kappa shape index (κ1) is 30.3. The molecule has 0 saturated carbocycles. The summed E-state index contributed by atoms with van der Waals surface area (Å²) in [5, 5.41) is 15.6. The lowest BCUT2D eigenvalue weighted by atomic mass is 9.76. The largest absolute Gasteiger partial charge is 0.480 e. The van der Waals surface area contributed by atoms with Crippen LogP contribution in [0.1, 0.15) is 45.7 Å². The summed E-state index contributed by atoms with van der Waals surface area (Å²) in [6.45, 7) is 2.01. The number of hydrogen-bond donors (Lipinski definition) is 3. The molecule has 0 bridgehead atoms. The van der Waals surface area contributed by atoms with E-state index in [1.807, 2.05) is 140 Å². The summed E-state index contributed by atoms with van der Waals surface area (Å²) in [5.74, 6) is -2.08. The lowest BCUT2D eigenvalue weighted by molar-refractivity contribution is -0.141. The van der Waals surface area contributed by atoms with Gasteiger partial charge in [-0.25, -0.2) is 9.59 Å². The molecule has 0 heterocycles. The van der Waals surface area contributed by atoms with Crippen molar-refractivity contribution in [3.8, 4) is 11.1 Å². The minimum atomic E-state index is -1.52. The predicted molar refractivity (Wildman–Crippen MR) is 176 cm³/mol. The second-order valence-electron chi connectivity index (χ2n) is 11.5. The Morgan fingerprint density at radius 3 is 1.70 bits per heavy atom. The summed E-state index contributed by atoms with van der Waals surface area (Å²) >= 11 is 0. The number of hydrogen-bond acceptors (Lipinski definition) is 4. The molecule has 3 N–H and O–H groups in total. The van der Waals surface area contributed by atoms with Gasteiger partial charge in [-0.3, -0.25) is 4.79 Å². The first-order valence-corrected chi connectivity index (χ1v) is 15.2. The maximum Gasteiger partial charge on any atom is 0.407 e. The highest BCUT2D eigenvalue weighted by Crippen LogP contribution is 2.44. The highest BCUT2D eigenvalue weighted by atomic mass is 16.5. The standard InChI is InChI=1S/C39H34N2O5/c1-26-20-22-29(23-21-26)39(27-12-4-2-5-13-27,28-14-6-3-7-15-28)41-36(42)24-35(37(43)44)40-38(45)46-25-34-32-18-10-8-16-30(32)31-17-9-11-19-33(31)34/h2-23,34-35H,24-25H2,1H3,(H,40,45)(H,41,42)(H,43,44)/t35-/m1/s1. The average Bonchev–Trinajstić information content (AvgIpc) is 3.40. The zero-order valence-corrected chi connectivity index (χ0v) is 25.4. The van der Waals surface area contributed by atoms with Gasteiger partial charge in [-0.2, -0.15) is 0 Å². The van der Waals surface area contributed by atoms with Gasteiger partial charge in [0.15, 0.2) is 0 Å². The third kappa shape index (κ3) is 6.00. The van der Waals surface area contributed by atoms with Gasteiger partial charge in [-0.1, -0.05) is 139 Å². The van der Waals surface area contributed by atoms with Gasteiger partial charge >= 0.3 is 12.1 Å². The summed E-state index contributed by atoms with van der Waals surface area (Å²) in [4.78, 5) is 39.1. The molecule has 1 aliphatic carbocycles. The Balaban J connectivity index is 1.22. The van der Waals surface area contributed by atoms with Crippen molar-refractivity contribution in [3.05, 3.63) is 167 Å². The Bertz CT molecular complexity index is 1770. The predicted octanol–water partition coefficient (Wildman–Crippen LogP) is 6.79. The zero-order valence-electron chi connectivity index (χ0n) is 25.4. The molecule has 230 valence electrons. The number of rotatable bonds is 10. The number of carboxylic acid groups (broad SMARTS) is 1. The second kappa shape index (κ2) is 13.1. The van der Waals surface area contributed by atoms with E-state index in [4.69, 9.17) is 4.74 Å². The van der Waals surface area contributed by atoms with Crippen LogP contribution in [0.3, 0.4) is 0 Å². The van der Waals surface area contributed by atoms with Crippen LogP contribution in [0.2, 0.25) is 0 Å². The Kier molecular flexibility index (Phi) is 8.65. The molecular formula is C39H34N2O5. The van der Waals surface area contributed by atoms with Crippen LogP contribution in [0.25, 0.3) is 11.1 Å². The van der Waals surface area contributed by atoms with Crippen LogP contribution in [0, 0.1) is 6.92 Å². The van der Waals surface area contributed by atoms with E-state index in [0.717, 1.165) is 44.5 Å². The van der Waals surface area contributed by atoms with Crippen LogP contribution in [0.15, 0.2) is 133 Å². The molecule has 5 aromatic rings. The smallest absolute Gasteiger partial charge is 0.407 e. The molecular weight excluding hydrogens is 576 g/mol. The number of aliphatic carboxylic acids is 1. The van der Waals surface area contributed by atoms with E-state index in [0.29, 0.717) is 0 Å². The van der Waals surface area contributed by atoms with Gasteiger partial charge in [0.1, 0.15) is 18.2 Å². The van der Waals surface area contributed by atoms with Crippen LogP contribution in [-0.2, 0) is 19.9 Å². The van der Waals surface area contributed by atoms with E-state index in [9.17, 15) is 19.5 Å². The first-order valence-electron chi connectivity index (χ1n) is 15.2. The summed E-state index contributed by atoms with van der Waals surface area (Å²) in [5.41, 5.74) is 6.59. The van der Waals surface area contributed by atoms with E-state index >= 15 is 0 Å². The molecule has 1 atom stereocenters. The van der Waals surface area contributed by atoms with Crippen LogP contribution >= 0.6 is 0 Å². The number of ether oxygens (including phenoxy) is 1. The molecule has 0 fully saturated rings. The van der Waals surface area contributed by atoms with Crippen LogP contribution in [-0.4, -0.2) is 35.7 Å². The SMILES string of the molecule is Cc1ccc(C(NC(=O)C[C@@H](NC(=O)OCC2c3ccccc3-c3ccccc32)C(=O)O)(c2ccccc2)c2ccccc2)cc1. The van der Waals surface area contributed by atoms with Crippen molar-refractivity contribution >= 4 is 18.0 Å². The molecule has 2 amide bonds. The molecule has 0 aliphatic heterocycles. The molecule has 5 aromatic carbocycles. The Morgan fingerprint density at radius 1 is 0.696 bits per heavy atom. The van der Waals surface area contributed by atoms with Crippen molar-refractivity contribution in [2.45, 2.75) is 30.8 Å². The van der Waals surface area contributed by atoms with Crippen molar-refractivity contribution in [3.63, 3.8) is 0 Å². The quantitative estimate of drug-likeness (QED) is 0.151. The van der Waals surface area contributed by atoms with E-state index < -0.39 is 36.0 Å². The minimum Gasteiger partial charge on any atom is -0.480 e. The molecule has 46 heavy (non-hydrogen) atoms. The molecule has 7 heteroatoms. The molecule has 0 aromatic heterocycles. The Labute approximate surface area is 267 Å². The lowest BCUT2D eigenvalue weighted by Gasteiger charge is -2.37. The summed E-state index contributed by atoms with van der Waals surface area (Å²) in [7, 11) is 0. The second-order valence-corrected chi connectivity index (χ2v) is 11.5. The Hall–Kier alpha value is -5.69. The molecule has 0 spiro atoms. The number of nitrogens with one attached hydrogen (secondary N) is 2. The maximum absolute atomic E-state index is 13.8. The molecule has 0 radical (unpaired) electrons. The van der Waals surface area contributed by atoms with Gasteiger partial charge in [0, 0.05) is 5.92 Å².